The van der Waals surface area contributed by atoms with Crippen LogP contribution >= 0.6 is 38.5 Å². The number of likely N-dealkylation sites (tertiary alicyclic amines) is 1. The predicted octanol–water partition coefficient (Wildman–Crippen LogP) is 4.63. The van der Waals surface area contributed by atoms with Crippen molar-refractivity contribution in [1.82, 2.24) is 25.2 Å². The Hall–Kier alpha value is -2.36. The number of alkyl halides is 1. The summed E-state index contributed by atoms with van der Waals surface area (Å²) in [5.74, 6) is -2.25. The maximum atomic E-state index is 15.4. The van der Waals surface area contributed by atoms with Crippen LogP contribution in [-0.4, -0.2) is 56.6 Å². The van der Waals surface area contributed by atoms with Crippen LogP contribution < -0.4 is 16.1 Å². The van der Waals surface area contributed by atoms with Crippen molar-refractivity contribution in [2.45, 2.75) is 23.8 Å². The average Bonchev–Trinajstić information content (AvgIpc) is 3.27. The minimum Gasteiger partial charge on any atom is -0.353 e. The Labute approximate surface area is 240 Å². The zero-order chi connectivity index (χ0) is 27.4. The molecular weight excluding hydrogens is 677 g/mol. The largest absolute Gasteiger partial charge is 0.353 e. The number of imidazole rings is 1. The van der Waals surface area contributed by atoms with Gasteiger partial charge in [-0.3, -0.25) is 19.3 Å². The van der Waals surface area contributed by atoms with E-state index in [2.05, 4.69) is 71.4 Å². The van der Waals surface area contributed by atoms with Crippen molar-refractivity contribution in [1.29, 1.82) is 0 Å². The maximum absolute atomic E-state index is 15.4. The van der Waals surface area contributed by atoms with Gasteiger partial charge in [-0.15, -0.1) is 0 Å². The molecule has 1 saturated heterocycles. The van der Waals surface area contributed by atoms with E-state index in [1.165, 1.54) is 24.5 Å². The molecule has 0 saturated carbocycles. The van der Waals surface area contributed by atoms with Crippen molar-refractivity contribution in [2.24, 2.45) is 13.0 Å². The molecule has 0 radical (unpaired) electrons. The Morgan fingerprint density at radius 1 is 1.26 bits per heavy atom. The number of nitrogens with one attached hydrogen (secondary N) is 3. The number of anilines is 2. The number of nitrogens with zero attached hydrogens (tertiary/aromatic N) is 3. The first-order valence-corrected chi connectivity index (χ1v) is 14.1. The van der Waals surface area contributed by atoms with E-state index < -0.39 is 17.5 Å². The van der Waals surface area contributed by atoms with Crippen molar-refractivity contribution in [3.8, 4) is 0 Å². The molecule has 0 spiro atoms. The molecule has 1 atom stereocenters. The van der Waals surface area contributed by atoms with Gasteiger partial charge in [0.2, 0.25) is 5.91 Å². The first kappa shape index (κ1) is 28.6. The predicted molar refractivity (Wildman–Crippen MR) is 152 cm³/mol. The Bertz CT molecular complexity index is 1330. The van der Waals surface area contributed by atoms with Gasteiger partial charge in [0.05, 0.1) is 39.4 Å². The van der Waals surface area contributed by atoms with Gasteiger partial charge in [0.1, 0.15) is 11.3 Å². The quantitative estimate of drug-likeness (QED) is 0.0989. The van der Waals surface area contributed by atoms with E-state index in [1.54, 1.807) is 17.7 Å². The smallest absolute Gasteiger partial charge is 0.277 e. The summed E-state index contributed by atoms with van der Waals surface area (Å²) >= 11 is 5.56. The normalized spacial score (nSPS) is 15.4. The number of aryl methyl sites for hydroxylation is 1. The molecule has 2 aromatic carbocycles. The summed E-state index contributed by atoms with van der Waals surface area (Å²) in [4.78, 5) is 37.1. The molecule has 1 fully saturated rings. The molecule has 4 rings (SSSR count). The van der Waals surface area contributed by atoms with E-state index in [0.29, 0.717) is 14.0 Å². The summed E-state index contributed by atoms with van der Waals surface area (Å²) < 4.78 is 32.4. The lowest BCUT2D eigenvalue weighted by Gasteiger charge is -2.33. The lowest BCUT2D eigenvalue weighted by Crippen LogP contribution is -2.43. The highest BCUT2D eigenvalue weighted by atomic mass is 127. The molecule has 3 N–H and O–H groups in total. The summed E-state index contributed by atoms with van der Waals surface area (Å²) in [7, 11) is 1.67. The highest BCUT2D eigenvalue weighted by molar-refractivity contribution is 14.1. The van der Waals surface area contributed by atoms with Crippen LogP contribution in [0.5, 0.6) is 0 Å². The van der Waals surface area contributed by atoms with Crippen LogP contribution in [0.4, 0.5) is 20.2 Å². The van der Waals surface area contributed by atoms with Crippen LogP contribution in [0.25, 0.3) is 11.0 Å². The molecule has 9 nitrogen and oxygen atoms in total. The third-order valence-corrected chi connectivity index (χ3v) is 7.75. The lowest BCUT2D eigenvalue weighted by atomic mass is 9.96. The molecule has 1 aliphatic rings. The highest BCUT2D eigenvalue weighted by Gasteiger charge is 2.26. The molecule has 2 amide bonds. The second-order valence-electron chi connectivity index (χ2n) is 9.04. The fraction of sp³-hybridized carbons (Fsp3) is 0.400. The van der Waals surface area contributed by atoms with Crippen LogP contribution in [0.3, 0.4) is 0 Å². The first-order chi connectivity index (χ1) is 18.2. The number of carbonyl (C=O) groups is 2. The van der Waals surface area contributed by atoms with Gasteiger partial charge in [-0.05, 0) is 57.1 Å². The second-order valence-corrected chi connectivity index (χ2v) is 11.8. The van der Waals surface area contributed by atoms with Gasteiger partial charge in [0.25, 0.3) is 5.91 Å². The van der Waals surface area contributed by atoms with Gasteiger partial charge in [0.15, 0.2) is 5.82 Å². The van der Waals surface area contributed by atoms with Crippen molar-refractivity contribution < 1.29 is 23.2 Å². The van der Waals surface area contributed by atoms with Gasteiger partial charge in [-0.2, -0.15) is 0 Å². The number of hydroxylamine groups is 1. The van der Waals surface area contributed by atoms with E-state index in [-0.39, 0.29) is 47.4 Å². The molecule has 3 aromatic rings. The highest BCUT2D eigenvalue weighted by Crippen LogP contribution is 2.32. The zero-order valence-corrected chi connectivity index (χ0v) is 24.6. The van der Waals surface area contributed by atoms with E-state index in [1.807, 2.05) is 0 Å². The van der Waals surface area contributed by atoms with Crippen molar-refractivity contribution in [3.05, 3.63) is 52.3 Å². The van der Waals surface area contributed by atoms with Crippen molar-refractivity contribution in [2.75, 3.05) is 31.6 Å². The summed E-state index contributed by atoms with van der Waals surface area (Å²) in [6.45, 7) is 4.11. The number of piperidine rings is 1. The Morgan fingerprint density at radius 3 is 2.68 bits per heavy atom. The monoisotopic (exact) mass is 704 g/mol. The number of carbonyl (C=O) groups excluding carboxylic acids is 2. The Balaban J connectivity index is 1.38. The van der Waals surface area contributed by atoms with Crippen molar-refractivity contribution >= 4 is 72.7 Å². The van der Waals surface area contributed by atoms with E-state index in [9.17, 15) is 14.0 Å². The SMILES string of the molecule is CC(I)N1CCC(C(=O)NCCONC(=O)c2cc3c(ncn3C)c(F)c2Nc2ccc(Br)cc2F)CC1. The standard InChI is InChI=1S/C25H28BrF2IN6O3/c1-14(29)35-8-5-15(6-9-35)24(36)30-7-10-38-33-25(37)17-12-20-23(31-13-34(20)2)21(28)22(17)32-19-4-3-16(26)11-18(19)27/h3-4,11-15,32H,5-10H2,1-2H3,(H,30,36)(H,33,37). The number of fused-ring (bicyclic) bond motifs is 1. The Kier molecular flexibility index (Phi) is 9.54. The summed E-state index contributed by atoms with van der Waals surface area (Å²) in [5.41, 5.74) is 2.35. The molecule has 2 heterocycles. The summed E-state index contributed by atoms with van der Waals surface area (Å²) in [6, 6.07) is 5.69. The van der Waals surface area contributed by atoms with Gasteiger partial charge >= 0.3 is 0 Å². The zero-order valence-electron chi connectivity index (χ0n) is 20.9. The molecular formula is C25H28BrF2IN6O3. The average molecular weight is 705 g/mol. The van der Waals surface area contributed by atoms with Gasteiger partial charge in [0, 0.05) is 24.0 Å². The van der Waals surface area contributed by atoms with E-state index in [4.69, 9.17) is 4.84 Å². The summed E-state index contributed by atoms with van der Waals surface area (Å²) in [6.07, 6.45) is 3.02. The van der Waals surface area contributed by atoms with Crippen LogP contribution in [0.2, 0.25) is 0 Å². The number of amides is 2. The van der Waals surface area contributed by atoms with Crippen molar-refractivity contribution in [3.63, 3.8) is 0 Å². The third kappa shape index (κ3) is 6.61. The van der Waals surface area contributed by atoms with Gasteiger partial charge < -0.3 is 15.2 Å². The number of hydrogen-bond acceptors (Lipinski definition) is 6. The summed E-state index contributed by atoms with van der Waals surface area (Å²) in [5, 5.41) is 5.52. The molecule has 1 aliphatic heterocycles. The number of rotatable bonds is 9. The van der Waals surface area contributed by atoms with Gasteiger partial charge in [-0.25, -0.2) is 19.2 Å². The molecule has 38 heavy (non-hydrogen) atoms. The fourth-order valence-electron chi connectivity index (χ4n) is 4.31. The second kappa shape index (κ2) is 12.7. The van der Waals surface area contributed by atoms with Gasteiger partial charge in [-0.1, -0.05) is 38.5 Å². The van der Waals surface area contributed by atoms with Crippen LogP contribution in [0, 0.1) is 17.6 Å². The molecule has 0 bridgehead atoms. The molecule has 13 heteroatoms. The number of aromatic nitrogens is 2. The topological polar surface area (TPSA) is 101 Å². The van der Waals surface area contributed by atoms with Crippen LogP contribution in [-0.2, 0) is 16.7 Å². The number of hydrogen-bond donors (Lipinski definition) is 3. The molecule has 1 unspecified atom stereocenters. The third-order valence-electron chi connectivity index (χ3n) is 6.47. The fourth-order valence-corrected chi connectivity index (χ4v) is 5.20. The minimum absolute atomic E-state index is 0.0150. The van der Waals surface area contributed by atoms with Crippen LogP contribution in [0.15, 0.2) is 35.1 Å². The molecule has 1 aromatic heterocycles. The number of halogens is 4. The van der Waals surface area contributed by atoms with E-state index in [0.717, 1.165) is 25.9 Å². The van der Waals surface area contributed by atoms with E-state index >= 15 is 4.39 Å². The first-order valence-electron chi connectivity index (χ1n) is 12.1. The van der Waals surface area contributed by atoms with Crippen LogP contribution in [0.1, 0.15) is 30.1 Å². The maximum Gasteiger partial charge on any atom is 0.277 e. The lowest BCUT2D eigenvalue weighted by molar-refractivity contribution is -0.126. The Morgan fingerprint density at radius 2 is 2.00 bits per heavy atom. The minimum atomic E-state index is -0.800. The molecule has 0 aliphatic carbocycles. The number of benzene rings is 2. The molecule has 204 valence electrons.